The van der Waals surface area contributed by atoms with Gasteiger partial charge in [0.15, 0.2) is 0 Å². The van der Waals surface area contributed by atoms with Gasteiger partial charge in [0.05, 0.1) is 0 Å². The number of likely N-dealkylation sites (N-methyl/N-ethyl adjacent to an activating group) is 1. The van der Waals surface area contributed by atoms with Gasteiger partial charge in [0.25, 0.3) is 0 Å². The van der Waals surface area contributed by atoms with Crippen LogP contribution in [0, 0.1) is 0 Å². The summed E-state index contributed by atoms with van der Waals surface area (Å²) in [5, 5.41) is 14.1. The SMILES string of the molecule is CSCC[C@H](NC(=O)NCC(C)N(C)C)C(=O)O. The van der Waals surface area contributed by atoms with Gasteiger partial charge >= 0.3 is 12.0 Å². The molecule has 0 bridgehead atoms. The van der Waals surface area contributed by atoms with Crippen LogP contribution in [0.3, 0.4) is 0 Å². The fourth-order valence-electron chi connectivity index (χ4n) is 1.13. The Labute approximate surface area is 112 Å². The van der Waals surface area contributed by atoms with E-state index in [9.17, 15) is 9.59 Å². The van der Waals surface area contributed by atoms with Crippen molar-refractivity contribution in [2.45, 2.75) is 25.4 Å². The Hall–Kier alpha value is -0.950. The second kappa shape index (κ2) is 9.04. The lowest BCUT2D eigenvalue weighted by molar-refractivity contribution is -0.139. The fourth-order valence-corrected chi connectivity index (χ4v) is 1.60. The number of hydrogen-bond acceptors (Lipinski definition) is 4. The highest BCUT2D eigenvalue weighted by molar-refractivity contribution is 7.98. The lowest BCUT2D eigenvalue weighted by Gasteiger charge is -2.21. The molecule has 2 amide bonds. The third-order valence-corrected chi connectivity index (χ3v) is 3.30. The molecule has 0 fully saturated rings. The molecule has 2 atom stereocenters. The molecule has 3 N–H and O–H groups in total. The molecule has 0 rings (SSSR count). The summed E-state index contributed by atoms with van der Waals surface area (Å²) in [6.45, 7) is 2.45. The Balaban J connectivity index is 4.06. The third kappa shape index (κ3) is 7.39. The van der Waals surface area contributed by atoms with Gasteiger partial charge < -0.3 is 20.6 Å². The first-order valence-electron chi connectivity index (χ1n) is 5.81. The minimum Gasteiger partial charge on any atom is -0.480 e. The maximum atomic E-state index is 11.5. The van der Waals surface area contributed by atoms with Crippen LogP contribution in [0.5, 0.6) is 0 Å². The molecule has 18 heavy (non-hydrogen) atoms. The van der Waals surface area contributed by atoms with E-state index >= 15 is 0 Å². The number of aliphatic carboxylic acids is 1. The monoisotopic (exact) mass is 277 g/mol. The van der Waals surface area contributed by atoms with E-state index in [1.807, 2.05) is 32.2 Å². The summed E-state index contributed by atoms with van der Waals surface area (Å²) in [5.74, 6) is -0.300. The van der Waals surface area contributed by atoms with Crippen molar-refractivity contribution in [1.29, 1.82) is 0 Å². The molecule has 106 valence electrons. The Morgan fingerprint density at radius 3 is 2.44 bits per heavy atom. The smallest absolute Gasteiger partial charge is 0.326 e. The number of hydrogen-bond donors (Lipinski definition) is 3. The predicted octanol–water partition coefficient (Wildman–Crippen LogP) is 0.442. The fraction of sp³-hybridized carbons (Fsp3) is 0.818. The topological polar surface area (TPSA) is 81.7 Å². The number of carboxylic acids is 1. The van der Waals surface area contributed by atoms with E-state index in [1.165, 1.54) is 0 Å². The van der Waals surface area contributed by atoms with Crippen LogP contribution in [0.15, 0.2) is 0 Å². The summed E-state index contributed by atoms with van der Waals surface area (Å²) in [4.78, 5) is 24.4. The summed E-state index contributed by atoms with van der Waals surface area (Å²) in [5.41, 5.74) is 0. The summed E-state index contributed by atoms with van der Waals surface area (Å²) in [6.07, 6.45) is 2.32. The summed E-state index contributed by atoms with van der Waals surface area (Å²) >= 11 is 1.55. The largest absolute Gasteiger partial charge is 0.480 e. The molecule has 0 aliphatic rings. The number of thioether (sulfide) groups is 1. The van der Waals surface area contributed by atoms with Gasteiger partial charge in [-0.1, -0.05) is 0 Å². The van der Waals surface area contributed by atoms with Gasteiger partial charge in [-0.15, -0.1) is 0 Å². The Morgan fingerprint density at radius 2 is 2.00 bits per heavy atom. The van der Waals surface area contributed by atoms with Crippen molar-refractivity contribution in [2.75, 3.05) is 32.6 Å². The maximum absolute atomic E-state index is 11.5. The molecule has 1 unspecified atom stereocenters. The average Bonchev–Trinajstić information content (AvgIpc) is 2.30. The van der Waals surface area contributed by atoms with Crippen molar-refractivity contribution < 1.29 is 14.7 Å². The van der Waals surface area contributed by atoms with Crippen LogP contribution in [0.25, 0.3) is 0 Å². The molecule has 0 aromatic carbocycles. The molecule has 0 aromatic rings. The van der Waals surface area contributed by atoms with Crippen LogP contribution < -0.4 is 10.6 Å². The van der Waals surface area contributed by atoms with Crippen molar-refractivity contribution in [3.63, 3.8) is 0 Å². The van der Waals surface area contributed by atoms with Crippen molar-refractivity contribution >= 4 is 23.8 Å². The lowest BCUT2D eigenvalue weighted by atomic mass is 10.2. The number of carbonyl (C=O) groups excluding carboxylic acids is 1. The van der Waals surface area contributed by atoms with Crippen molar-refractivity contribution in [2.24, 2.45) is 0 Å². The molecular formula is C11H23N3O3S. The van der Waals surface area contributed by atoms with E-state index in [2.05, 4.69) is 10.6 Å². The number of nitrogens with one attached hydrogen (secondary N) is 2. The van der Waals surface area contributed by atoms with Crippen LogP contribution >= 0.6 is 11.8 Å². The number of nitrogens with zero attached hydrogens (tertiary/aromatic N) is 1. The molecule has 6 nitrogen and oxygen atoms in total. The van der Waals surface area contributed by atoms with Crippen LogP contribution in [0.1, 0.15) is 13.3 Å². The molecule has 0 saturated carbocycles. The predicted molar refractivity (Wildman–Crippen MR) is 74.1 cm³/mol. The standard InChI is InChI=1S/C11H23N3O3S/c1-8(14(2)3)7-12-11(17)13-9(10(15)16)5-6-18-4/h8-9H,5-7H2,1-4H3,(H,15,16)(H2,12,13,17)/t8?,9-/m0/s1. The Bertz CT molecular complexity index is 274. The molecule has 0 radical (unpaired) electrons. The van der Waals surface area contributed by atoms with Gasteiger partial charge in [-0.2, -0.15) is 11.8 Å². The molecule has 7 heteroatoms. The first-order valence-corrected chi connectivity index (χ1v) is 7.20. The number of amides is 2. The molecular weight excluding hydrogens is 254 g/mol. The third-order valence-electron chi connectivity index (χ3n) is 2.65. The van der Waals surface area contributed by atoms with Gasteiger partial charge in [-0.25, -0.2) is 9.59 Å². The van der Waals surface area contributed by atoms with E-state index in [4.69, 9.17) is 5.11 Å². The van der Waals surface area contributed by atoms with Crippen LogP contribution in [-0.4, -0.2) is 66.7 Å². The van der Waals surface area contributed by atoms with Gasteiger partial charge in [0.2, 0.25) is 0 Å². The first-order chi connectivity index (χ1) is 8.38. The lowest BCUT2D eigenvalue weighted by Crippen LogP contribution is -2.49. The van der Waals surface area contributed by atoms with Gasteiger partial charge in [-0.05, 0) is 39.4 Å². The van der Waals surface area contributed by atoms with Crippen LogP contribution in [0.2, 0.25) is 0 Å². The zero-order valence-electron chi connectivity index (χ0n) is 11.4. The Morgan fingerprint density at radius 1 is 1.39 bits per heavy atom. The summed E-state index contributed by atoms with van der Waals surface area (Å²) in [7, 11) is 3.84. The first kappa shape index (κ1) is 17.1. The molecule has 0 aromatic heterocycles. The second-order valence-corrected chi connectivity index (χ2v) is 5.32. The molecule has 0 heterocycles. The molecule has 0 saturated heterocycles. The quantitative estimate of drug-likeness (QED) is 0.600. The van der Waals surface area contributed by atoms with Gasteiger partial charge in [-0.3, -0.25) is 0 Å². The van der Waals surface area contributed by atoms with E-state index in [0.717, 1.165) is 0 Å². The highest BCUT2D eigenvalue weighted by Gasteiger charge is 2.19. The molecule has 0 spiro atoms. The highest BCUT2D eigenvalue weighted by Crippen LogP contribution is 2.00. The van der Waals surface area contributed by atoms with Crippen LogP contribution in [0.4, 0.5) is 4.79 Å². The van der Waals surface area contributed by atoms with Gasteiger partial charge in [0.1, 0.15) is 6.04 Å². The van der Waals surface area contributed by atoms with E-state index in [-0.39, 0.29) is 6.04 Å². The van der Waals surface area contributed by atoms with E-state index in [1.54, 1.807) is 11.8 Å². The van der Waals surface area contributed by atoms with E-state index < -0.39 is 18.0 Å². The normalized spacial score (nSPS) is 14.1. The zero-order chi connectivity index (χ0) is 14.1. The number of rotatable bonds is 8. The summed E-state index contributed by atoms with van der Waals surface area (Å²) in [6, 6.07) is -1.06. The minimum atomic E-state index is -1.00. The number of urea groups is 1. The summed E-state index contributed by atoms with van der Waals surface area (Å²) < 4.78 is 0. The van der Waals surface area contributed by atoms with Crippen molar-refractivity contribution in [3.05, 3.63) is 0 Å². The number of carbonyl (C=O) groups is 2. The van der Waals surface area contributed by atoms with Crippen LogP contribution in [-0.2, 0) is 4.79 Å². The van der Waals surface area contributed by atoms with Crippen molar-refractivity contribution in [3.8, 4) is 0 Å². The molecule has 0 aliphatic heterocycles. The van der Waals surface area contributed by atoms with Crippen molar-refractivity contribution in [1.82, 2.24) is 15.5 Å². The van der Waals surface area contributed by atoms with E-state index in [0.29, 0.717) is 18.7 Å². The maximum Gasteiger partial charge on any atom is 0.326 e. The highest BCUT2D eigenvalue weighted by atomic mass is 32.2. The average molecular weight is 277 g/mol. The minimum absolute atomic E-state index is 0.199. The Kier molecular flexibility index (Phi) is 8.57. The molecule has 0 aliphatic carbocycles. The zero-order valence-corrected chi connectivity index (χ0v) is 12.2. The second-order valence-electron chi connectivity index (χ2n) is 4.34. The number of carboxylic acid groups (broad SMARTS) is 1. The van der Waals surface area contributed by atoms with Gasteiger partial charge in [0, 0.05) is 12.6 Å².